The Hall–Kier alpha value is -6.46. The highest BCUT2D eigenvalue weighted by Gasteiger charge is 2.23. The maximum atomic E-state index is 2.41. The van der Waals surface area contributed by atoms with Gasteiger partial charge in [-0.05, 0) is 144 Å². The zero-order valence-corrected chi connectivity index (χ0v) is 44.5. The molecule has 11 aromatic rings. The molecule has 0 N–H and O–H groups in total. The first kappa shape index (κ1) is 46.0. The minimum atomic E-state index is 0.0812. The van der Waals surface area contributed by atoms with Gasteiger partial charge in [0.1, 0.15) is 0 Å². The fourth-order valence-electron chi connectivity index (χ4n) is 10.3. The van der Waals surface area contributed by atoms with Crippen LogP contribution in [-0.4, -0.2) is 0 Å². The SMILES string of the molecule is CC(C)(C)c1ccc(N(c2ccc(C(C)(C)C)cc2)c2ccc3c(ccc4c5ccc6sc7c8ccc(N(c9ccc(C(C)(C)C)cc9)c9ccc(C(C)(C)C)cc9)cc8ccc7c6c5sc34)c2)cc1. The number of hydrogen-bond acceptors (Lipinski definition) is 4. The van der Waals surface area contributed by atoms with Crippen molar-refractivity contribution in [2.45, 2.75) is 105 Å². The lowest BCUT2D eigenvalue weighted by atomic mass is 9.86. The van der Waals surface area contributed by atoms with Crippen LogP contribution >= 0.6 is 22.7 Å². The number of nitrogens with zero attached hydrogens (tertiary/aromatic N) is 2. The fourth-order valence-corrected chi connectivity index (χ4v) is 13.0. The molecule has 0 saturated carbocycles. The maximum absolute atomic E-state index is 2.41. The maximum Gasteiger partial charge on any atom is 0.0468 e. The van der Waals surface area contributed by atoms with Gasteiger partial charge in [-0.1, -0.05) is 174 Å². The number of fused-ring (bicyclic) bond motifs is 11. The van der Waals surface area contributed by atoms with Gasteiger partial charge >= 0.3 is 0 Å². The highest BCUT2D eigenvalue weighted by molar-refractivity contribution is 7.30. The topological polar surface area (TPSA) is 6.48 Å². The molecule has 9 aromatic carbocycles. The van der Waals surface area contributed by atoms with Crippen molar-refractivity contribution in [3.05, 3.63) is 192 Å². The van der Waals surface area contributed by atoms with Crippen molar-refractivity contribution in [3.63, 3.8) is 0 Å². The third-order valence-electron chi connectivity index (χ3n) is 14.5. The average Bonchev–Trinajstić information content (AvgIpc) is 3.90. The molecular weight excluding hydrogens is 885 g/mol. The van der Waals surface area contributed by atoms with Crippen molar-refractivity contribution >= 4 is 119 Å². The van der Waals surface area contributed by atoms with E-state index in [-0.39, 0.29) is 21.7 Å². The Bertz CT molecular complexity index is 3650. The lowest BCUT2D eigenvalue weighted by Crippen LogP contribution is -2.14. The van der Waals surface area contributed by atoms with E-state index in [1.54, 1.807) is 0 Å². The second-order valence-corrected chi connectivity index (χ2v) is 25.6. The van der Waals surface area contributed by atoms with Crippen molar-refractivity contribution in [1.29, 1.82) is 0 Å². The third-order valence-corrected chi connectivity index (χ3v) is 17.0. The van der Waals surface area contributed by atoms with Crippen LogP contribution in [0.15, 0.2) is 170 Å². The molecule has 2 nitrogen and oxygen atoms in total. The minimum Gasteiger partial charge on any atom is -0.310 e. The minimum absolute atomic E-state index is 0.0812. The van der Waals surface area contributed by atoms with Crippen LogP contribution in [0.3, 0.4) is 0 Å². The van der Waals surface area contributed by atoms with E-state index in [0.29, 0.717) is 0 Å². The van der Waals surface area contributed by atoms with Crippen LogP contribution in [0.5, 0.6) is 0 Å². The molecule has 0 saturated heterocycles. The molecule has 2 aromatic heterocycles. The monoisotopic (exact) mass is 948 g/mol. The highest BCUT2D eigenvalue weighted by atomic mass is 32.1. The summed E-state index contributed by atoms with van der Waals surface area (Å²) in [7, 11) is 0. The molecule has 0 aliphatic heterocycles. The number of benzene rings is 9. The summed E-state index contributed by atoms with van der Waals surface area (Å²) >= 11 is 3.88. The number of rotatable bonds is 6. The van der Waals surface area contributed by atoms with E-state index in [0.717, 1.165) is 34.1 Å². The zero-order valence-electron chi connectivity index (χ0n) is 42.9. The van der Waals surface area contributed by atoms with Crippen LogP contribution in [-0.2, 0) is 21.7 Å². The summed E-state index contributed by atoms with van der Waals surface area (Å²) < 4.78 is 5.40. The molecule has 0 atom stereocenters. The summed E-state index contributed by atoms with van der Waals surface area (Å²) in [5.74, 6) is 0. The molecule has 0 aliphatic carbocycles. The second-order valence-electron chi connectivity index (χ2n) is 23.6. The summed E-state index contributed by atoms with van der Waals surface area (Å²) in [4.78, 5) is 4.82. The first-order chi connectivity index (χ1) is 33.2. The van der Waals surface area contributed by atoms with Crippen molar-refractivity contribution in [2.75, 3.05) is 9.80 Å². The Morgan fingerprint density at radius 1 is 0.271 bits per heavy atom. The van der Waals surface area contributed by atoms with Gasteiger partial charge in [-0.15, -0.1) is 22.7 Å². The van der Waals surface area contributed by atoms with Gasteiger partial charge in [-0.25, -0.2) is 0 Å². The highest BCUT2D eigenvalue weighted by Crippen LogP contribution is 2.49. The molecule has 70 heavy (non-hydrogen) atoms. The van der Waals surface area contributed by atoms with Crippen LogP contribution in [0, 0.1) is 0 Å². The standard InChI is InChI=1S/C66H64N2S2/c1-63(2,3)43-15-23-47(24-16-43)67(48-25-17-44(18-26-48)64(4,5)6)51-31-35-53-41(39-51)13-33-55-56-37-38-58-59(62(56)70-60(53)55)57-34-14-42-40-52(32-36-54(42)61(57)69-58)68(49-27-19-45(20-28-49)65(7,8)9)50-29-21-46(22-30-50)66(10,11)12/h13-40H,1-12H3. The first-order valence-electron chi connectivity index (χ1n) is 24.9. The molecule has 350 valence electrons. The predicted molar refractivity (Wildman–Crippen MR) is 311 cm³/mol. The summed E-state index contributed by atoms with van der Waals surface area (Å²) in [5, 5.41) is 10.5. The third kappa shape index (κ3) is 8.13. The van der Waals surface area contributed by atoms with Crippen LogP contribution in [0.1, 0.15) is 105 Å². The van der Waals surface area contributed by atoms with E-state index in [1.807, 2.05) is 22.7 Å². The molecule has 4 heteroatoms. The molecule has 0 amide bonds. The van der Waals surface area contributed by atoms with Crippen molar-refractivity contribution in [3.8, 4) is 0 Å². The van der Waals surface area contributed by atoms with Crippen molar-refractivity contribution in [2.24, 2.45) is 0 Å². The fraction of sp³-hybridized carbons (Fsp3) is 0.242. The molecular formula is C66H64N2S2. The number of hydrogen-bond donors (Lipinski definition) is 0. The first-order valence-corrected chi connectivity index (χ1v) is 26.5. The Morgan fingerprint density at radius 3 is 0.943 bits per heavy atom. The number of anilines is 6. The molecule has 0 aliphatic rings. The van der Waals surface area contributed by atoms with Gasteiger partial charge in [0.05, 0.1) is 0 Å². The molecule has 0 radical (unpaired) electrons. The lowest BCUT2D eigenvalue weighted by Gasteiger charge is -2.28. The Labute approximate surface area is 422 Å². The summed E-state index contributed by atoms with van der Waals surface area (Å²) in [5.41, 5.74) is 12.6. The van der Waals surface area contributed by atoms with E-state index in [9.17, 15) is 0 Å². The van der Waals surface area contributed by atoms with Crippen LogP contribution < -0.4 is 9.80 Å². The van der Waals surface area contributed by atoms with Crippen LogP contribution in [0.4, 0.5) is 34.1 Å². The van der Waals surface area contributed by atoms with E-state index in [4.69, 9.17) is 0 Å². The predicted octanol–water partition coefficient (Wildman–Crippen LogP) is 20.9. The van der Waals surface area contributed by atoms with Crippen LogP contribution in [0.25, 0.3) is 61.9 Å². The second kappa shape index (κ2) is 16.6. The van der Waals surface area contributed by atoms with E-state index < -0.39 is 0 Å². The Kier molecular flexibility index (Phi) is 10.9. The summed E-state index contributed by atoms with van der Waals surface area (Å²) in [6, 6.07) is 64.8. The zero-order chi connectivity index (χ0) is 49.1. The Morgan fingerprint density at radius 2 is 0.571 bits per heavy atom. The number of thiophene rings is 2. The largest absolute Gasteiger partial charge is 0.310 e. The smallest absolute Gasteiger partial charge is 0.0468 e. The van der Waals surface area contributed by atoms with E-state index in [1.165, 1.54) is 84.1 Å². The van der Waals surface area contributed by atoms with Gasteiger partial charge < -0.3 is 9.80 Å². The quantitative estimate of drug-likeness (QED) is 0.164. The van der Waals surface area contributed by atoms with Crippen molar-refractivity contribution < 1.29 is 0 Å². The summed E-state index contributed by atoms with van der Waals surface area (Å²) in [6.07, 6.45) is 0. The molecule has 11 rings (SSSR count). The summed E-state index contributed by atoms with van der Waals surface area (Å²) in [6.45, 7) is 27.4. The lowest BCUT2D eigenvalue weighted by molar-refractivity contribution is 0.590. The molecule has 0 fully saturated rings. The van der Waals surface area contributed by atoms with Gasteiger partial charge in [0.2, 0.25) is 0 Å². The van der Waals surface area contributed by atoms with Gasteiger partial charge in [-0.2, -0.15) is 0 Å². The molecule has 0 spiro atoms. The van der Waals surface area contributed by atoms with Crippen molar-refractivity contribution in [1.82, 2.24) is 0 Å². The van der Waals surface area contributed by atoms with Crippen LogP contribution in [0.2, 0.25) is 0 Å². The average molecular weight is 949 g/mol. The normalized spacial score (nSPS) is 12.9. The van der Waals surface area contributed by atoms with Gasteiger partial charge in [-0.3, -0.25) is 0 Å². The molecule has 0 bridgehead atoms. The molecule has 2 heterocycles. The van der Waals surface area contributed by atoms with E-state index >= 15 is 0 Å². The van der Waals surface area contributed by atoms with Gasteiger partial charge in [0, 0.05) is 74.5 Å². The van der Waals surface area contributed by atoms with E-state index in [2.05, 4.69) is 263 Å². The Balaban J connectivity index is 1.00. The van der Waals surface area contributed by atoms with Gasteiger partial charge in [0.25, 0.3) is 0 Å². The van der Waals surface area contributed by atoms with Gasteiger partial charge in [0.15, 0.2) is 0 Å². The molecule has 0 unspecified atom stereocenters.